The molecule has 2 aromatic heterocycles. The molecular weight excluding hydrogens is 340 g/mol. The average Bonchev–Trinajstić information content (AvgIpc) is 3.23. The molecule has 0 saturated carbocycles. The lowest BCUT2D eigenvalue weighted by Crippen LogP contribution is -2.43. The molecule has 7 nitrogen and oxygen atoms in total. The van der Waals surface area contributed by atoms with Crippen molar-refractivity contribution in [2.24, 2.45) is 5.92 Å². The van der Waals surface area contributed by atoms with Crippen LogP contribution in [0.2, 0.25) is 0 Å². The highest BCUT2D eigenvalue weighted by molar-refractivity contribution is 5.42. The van der Waals surface area contributed by atoms with E-state index in [-0.39, 0.29) is 6.10 Å². The van der Waals surface area contributed by atoms with Gasteiger partial charge in [0.05, 0.1) is 18.5 Å². The Labute approximate surface area is 161 Å². The second-order valence-corrected chi connectivity index (χ2v) is 7.94. The molecule has 0 amide bonds. The Balaban J connectivity index is 1.39. The van der Waals surface area contributed by atoms with Gasteiger partial charge >= 0.3 is 0 Å². The van der Waals surface area contributed by atoms with Crippen molar-refractivity contribution in [3.05, 3.63) is 31.0 Å². The number of hydrogen-bond acceptors (Lipinski definition) is 6. The first-order chi connectivity index (χ1) is 13.2. The highest BCUT2D eigenvalue weighted by Crippen LogP contribution is 2.26. The lowest BCUT2D eigenvalue weighted by Gasteiger charge is -2.35. The Kier molecular flexibility index (Phi) is 5.57. The van der Waals surface area contributed by atoms with Gasteiger partial charge in [0.15, 0.2) is 0 Å². The second kappa shape index (κ2) is 8.25. The van der Waals surface area contributed by atoms with Gasteiger partial charge in [-0.1, -0.05) is 13.8 Å². The Morgan fingerprint density at radius 1 is 1.19 bits per heavy atom. The minimum Gasteiger partial charge on any atom is -0.376 e. The zero-order valence-electron chi connectivity index (χ0n) is 16.3. The van der Waals surface area contributed by atoms with E-state index in [2.05, 4.69) is 44.8 Å². The zero-order chi connectivity index (χ0) is 18.6. The molecule has 4 heterocycles. The van der Waals surface area contributed by atoms with Gasteiger partial charge in [0.1, 0.15) is 5.82 Å². The van der Waals surface area contributed by atoms with Crippen molar-refractivity contribution in [3.8, 4) is 0 Å². The lowest BCUT2D eigenvalue weighted by atomic mass is 9.94. The van der Waals surface area contributed by atoms with Crippen molar-refractivity contribution in [2.45, 2.75) is 57.7 Å². The molecule has 2 atom stereocenters. The van der Waals surface area contributed by atoms with Gasteiger partial charge in [-0.2, -0.15) is 4.98 Å². The maximum atomic E-state index is 5.99. The van der Waals surface area contributed by atoms with Gasteiger partial charge in [-0.25, -0.2) is 9.97 Å². The highest BCUT2D eigenvalue weighted by atomic mass is 16.5. The Morgan fingerprint density at radius 3 is 2.78 bits per heavy atom. The summed E-state index contributed by atoms with van der Waals surface area (Å²) in [5, 5.41) is 3.61. The van der Waals surface area contributed by atoms with Crippen LogP contribution in [0.4, 0.5) is 11.8 Å². The molecule has 2 saturated heterocycles. The number of hydrogen-bond donors (Lipinski definition) is 1. The number of ether oxygens (including phenoxy) is 1. The van der Waals surface area contributed by atoms with Gasteiger partial charge in [0, 0.05) is 44.3 Å². The molecule has 2 fully saturated rings. The third-order valence-corrected chi connectivity index (χ3v) is 5.69. The molecule has 0 aromatic carbocycles. The van der Waals surface area contributed by atoms with Crippen LogP contribution < -0.4 is 10.2 Å². The van der Waals surface area contributed by atoms with E-state index in [1.54, 1.807) is 0 Å². The molecule has 0 aliphatic carbocycles. The van der Waals surface area contributed by atoms with Gasteiger partial charge in [0.2, 0.25) is 5.95 Å². The Bertz CT molecular complexity index is 711. The normalized spacial score (nSPS) is 24.3. The SMILES string of the molecule is CC(C)[C@H]1OCCC[C@H]1Nc1ccnc(N2CCC(n3ccnc3)CC2)n1. The minimum atomic E-state index is 0.239. The fourth-order valence-corrected chi connectivity index (χ4v) is 4.23. The van der Waals surface area contributed by atoms with Crippen LogP contribution in [0.25, 0.3) is 0 Å². The van der Waals surface area contributed by atoms with Crippen LogP contribution in [0, 0.1) is 5.92 Å². The van der Waals surface area contributed by atoms with E-state index in [0.717, 1.165) is 57.1 Å². The quantitative estimate of drug-likeness (QED) is 0.872. The summed E-state index contributed by atoms with van der Waals surface area (Å²) in [6, 6.07) is 2.80. The molecule has 2 aliphatic heterocycles. The Morgan fingerprint density at radius 2 is 2.04 bits per heavy atom. The first-order valence-electron chi connectivity index (χ1n) is 10.1. The molecule has 2 aromatic rings. The predicted octanol–water partition coefficient (Wildman–Crippen LogP) is 3.13. The first-order valence-corrected chi connectivity index (χ1v) is 10.1. The molecule has 0 bridgehead atoms. The summed E-state index contributed by atoms with van der Waals surface area (Å²) in [5.74, 6) is 2.21. The van der Waals surface area contributed by atoms with Crippen LogP contribution >= 0.6 is 0 Å². The summed E-state index contributed by atoms with van der Waals surface area (Å²) in [4.78, 5) is 15.8. The van der Waals surface area contributed by atoms with Crippen molar-refractivity contribution in [2.75, 3.05) is 29.9 Å². The van der Waals surface area contributed by atoms with E-state index in [4.69, 9.17) is 9.72 Å². The molecule has 7 heteroatoms. The number of nitrogens with one attached hydrogen (secondary N) is 1. The number of rotatable bonds is 5. The Hall–Kier alpha value is -2.15. The smallest absolute Gasteiger partial charge is 0.227 e. The van der Waals surface area contributed by atoms with Crippen LogP contribution in [-0.2, 0) is 4.74 Å². The molecule has 27 heavy (non-hydrogen) atoms. The number of nitrogens with zero attached hydrogens (tertiary/aromatic N) is 5. The van der Waals surface area contributed by atoms with Crippen LogP contribution in [0.5, 0.6) is 0 Å². The van der Waals surface area contributed by atoms with Gasteiger partial charge < -0.3 is 19.5 Å². The summed E-state index contributed by atoms with van der Waals surface area (Å²) in [5.41, 5.74) is 0. The van der Waals surface area contributed by atoms with Gasteiger partial charge in [-0.05, 0) is 37.7 Å². The van der Waals surface area contributed by atoms with Gasteiger partial charge in [0.25, 0.3) is 0 Å². The second-order valence-electron chi connectivity index (χ2n) is 7.94. The maximum absolute atomic E-state index is 5.99. The maximum Gasteiger partial charge on any atom is 0.227 e. The molecule has 0 radical (unpaired) electrons. The third kappa shape index (κ3) is 4.24. The van der Waals surface area contributed by atoms with Crippen molar-refractivity contribution >= 4 is 11.8 Å². The third-order valence-electron chi connectivity index (χ3n) is 5.69. The highest BCUT2D eigenvalue weighted by Gasteiger charge is 2.29. The largest absolute Gasteiger partial charge is 0.376 e. The van der Waals surface area contributed by atoms with Crippen LogP contribution in [0.1, 0.15) is 45.6 Å². The molecule has 2 aliphatic rings. The summed E-state index contributed by atoms with van der Waals surface area (Å²) >= 11 is 0. The van der Waals surface area contributed by atoms with Crippen LogP contribution in [-0.4, -0.2) is 51.4 Å². The monoisotopic (exact) mass is 370 g/mol. The van der Waals surface area contributed by atoms with Crippen LogP contribution in [0.3, 0.4) is 0 Å². The molecule has 0 spiro atoms. The molecular formula is C20H30N6O. The van der Waals surface area contributed by atoms with Crippen molar-refractivity contribution in [3.63, 3.8) is 0 Å². The van der Waals surface area contributed by atoms with E-state index in [9.17, 15) is 0 Å². The number of imidazole rings is 1. The lowest BCUT2D eigenvalue weighted by molar-refractivity contribution is -0.0203. The first kappa shape index (κ1) is 18.2. The minimum absolute atomic E-state index is 0.239. The van der Waals surface area contributed by atoms with E-state index >= 15 is 0 Å². The van der Waals surface area contributed by atoms with E-state index in [1.807, 2.05) is 24.8 Å². The zero-order valence-corrected chi connectivity index (χ0v) is 16.3. The molecule has 1 N–H and O–H groups in total. The van der Waals surface area contributed by atoms with Crippen molar-refractivity contribution in [1.29, 1.82) is 0 Å². The van der Waals surface area contributed by atoms with Crippen molar-refractivity contribution < 1.29 is 4.74 Å². The number of anilines is 2. The molecule has 4 rings (SSSR count). The fraction of sp³-hybridized carbons (Fsp3) is 0.650. The topological polar surface area (TPSA) is 68.1 Å². The standard InChI is InChI=1S/C20H30N6O/c1-15(2)19-17(4-3-13-27-19)23-18-5-8-22-20(24-18)25-10-6-16(7-11-25)26-12-9-21-14-26/h5,8-9,12,14-17,19H,3-4,6-7,10-11,13H2,1-2H3,(H,22,23,24)/t17-,19-/m1/s1. The van der Waals surface area contributed by atoms with Gasteiger partial charge in [-0.15, -0.1) is 0 Å². The van der Waals surface area contributed by atoms with Crippen molar-refractivity contribution in [1.82, 2.24) is 19.5 Å². The van der Waals surface area contributed by atoms with Crippen LogP contribution in [0.15, 0.2) is 31.0 Å². The van der Waals surface area contributed by atoms with Gasteiger partial charge in [-0.3, -0.25) is 0 Å². The number of aromatic nitrogens is 4. The van der Waals surface area contributed by atoms with E-state index in [0.29, 0.717) is 18.0 Å². The molecule has 0 unspecified atom stereocenters. The summed E-state index contributed by atoms with van der Waals surface area (Å²) < 4.78 is 8.21. The summed E-state index contributed by atoms with van der Waals surface area (Å²) in [7, 11) is 0. The molecule has 146 valence electrons. The summed E-state index contributed by atoms with van der Waals surface area (Å²) in [6.45, 7) is 7.24. The van der Waals surface area contributed by atoms with E-state index in [1.165, 1.54) is 0 Å². The van der Waals surface area contributed by atoms with E-state index < -0.39 is 0 Å². The summed E-state index contributed by atoms with van der Waals surface area (Å²) in [6.07, 6.45) is 12.3. The average molecular weight is 371 g/mol. The fourth-order valence-electron chi connectivity index (χ4n) is 4.23. The number of piperidine rings is 1. The predicted molar refractivity (Wildman–Crippen MR) is 106 cm³/mol.